The predicted octanol–water partition coefficient (Wildman–Crippen LogP) is 3.42. The molecule has 0 aromatic carbocycles. The Morgan fingerprint density at radius 3 is 2.46 bits per heavy atom. The zero-order valence-electron chi connectivity index (χ0n) is 9.43. The molecule has 0 rings (SSSR count). The maximum Gasteiger partial charge on any atom is 0.0288 e. The maximum atomic E-state index is 6.03. The van der Waals surface area contributed by atoms with Gasteiger partial charge in [0, 0.05) is 6.04 Å². The molecule has 76 valence electrons. The summed E-state index contributed by atoms with van der Waals surface area (Å²) < 4.78 is 0. The van der Waals surface area contributed by atoms with Gasteiger partial charge >= 0.3 is 0 Å². The molecule has 0 aliphatic rings. The summed E-state index contributed by atoms with van der Waals surface area (Å²) >= 11 is 0. The maximum absolute atomic E-state index is 6.03. The second-order valence-corrected chi connectivity index (χ2v) is 3.62. The molecule has 0 saturated carbocycles. The van der Waals surface area contributed by atoms with Crippen LogP contribution in [0, 0.1) is 0 Å². The van der Waals surface area contributed by atoms with E-state index in [1.54, 1.807) is 0 Å². The summed E-state index contributed by atoms with van der Waals surface area (Å²) in [6, 6.07) is 0.211. The minimum absolute atomic E-state index is 0.211. The third-order valence-corrected chi connectivity index (χ3v) is 2.48. The first-order chi connectivity index (χ1) is 6.13. The molecule has 1 unspecified atom stereocenters. The number of hydrogen-bond donors (Lipinski definition) is 1. The lowest BCUT2D eigenvalue weighted by molar-refractivity contribution is 0.753. The fourth-order valence-corrected chi connectivity index (χ4v) is 1.35. The van der Waals surface area contributed by atoms with E-state index in [1.165, 1.54) is 24.0 Å². The molecule has 1 nitrogen and oxygen atoms in total. The summed E-state index contributed by atoms with van der Waals surface area (Å²) in [6.45, 7) is 8.58. The van der Waals surface area contributed by atoms with Gasteiger partial charge in [-0.05, 0) is 33.6 Å². The molecule has 13 heavy (non-hydrogen) atoms. The standard InChI is InChI=1S/C12H23N/c1-5-7-9-12(13)11(4)10(3)8-6-2/h5,7,12H,6,8-9,13H2,1-4H3. The van der Waals surface area contributed by atoms with Crippen LogP contribution in [-0.2, 0) is 0 Å². The molecule has 0 fully saturated rings. The smallest absolute Gasteiger partial charge is 0.0288 e. The fourth-order valence-electron chi connectivity index (χ4n) is 1.35. The Morgan fingerprint density at radius 1 is 1.38 bits per heavy atom. The van der Waals surface area contributed by atoms with Crippen molar-refractivity contribution in [3.63, 3.8) is 0 Å². The Hall–Kier alpha value is -0.560. The molecule has 1 atom stereocenters. The summed E-state index contributed by atoms with van der Waals surface area (Å²) in [5, 5.41) is 0. The molecule has 0 spiro atoms. The van der Waals surface area contributed by atoms with Crippen molar-refractivity contribution in [3.8, 4) is 0 Å². The average Bonchev–Trinajstić information content (AvgIpc) is 2.13. The van der Waals surface area contributed by atoms with E-state index in [1.807, 2.05) is 6.92 Å². The van der Waals surface area contributed by atoms with E-state index >= 15 is 0 Å². The van der Waals surface area contributed by atoms with E-state index in [0.717, 1.165) is 6.42 Å². The second kappa shape index (κ2) is 6.90. The zero-order valence-corrected chi connectivity index (χ0v) is 9.43. The van der Waals surface area contributed by atoms with Crippen LogP contribution >= 0.6 is 0 Å². The molecule has 0 aromatic rings. The van der Waals surface area contributed by atoms with Gasteiger partial charge in [-0.1, -0.05) is 36.6 Å². The van der Waals surface area contributed by atoms with Gasteiger partial charge in [0.2, 0.25) is 0 Å². The highest BCUT2D eigenvalue weighted by molar-refractivity contribution is 5.16. The molecule has 0 amide bonds. The molecule has 0 aliphatic carbocycles. The van der Waals surface area contributed by atoms with Crippen molar-refractivity contribution in [2.75, 3.05) is 0 Å². The Bertz CT molecular complexity index is 189. The van der Waals surface area contributed by atoms with E-state index in [0.29, 0.717) is 0 Å². The van der Waals surface area contributed by atoms with Crippen molar-refractivity contribution >= 4 is 0 Å². The van der Waals surface area contributed by atoms with Gasteiger partial charge in [0.1, 0.15) is 0 Å². The van der Waals surface area contributed by atoms with E-state index in [-0.39, 0.29) is 6.04 Å². The molecule has 0 saturated heterocycles. The van der Waals surface area contributed by atoms with Crippen molar-refractivity contribution in [1.82, 2.24) is 0 Å². The van der Waals surface area contributed by atoms with Crippen LogP contribution in [0.15, 0.2) is 23.3 Å². The molecular formula is C12H23N. The highest BCUT2D eigenvalue weighted by Crippen LogP contribution is 2.14. The largest absolute Gasteiger partial charge is 0.324 e. The van der Waals surface area contributed by atoms with Crippen LogP contribution in [-0.4, -0.2) is 6.04 Å². The van der Waals surface area contributed by atoms with Crippen molar-refractivity contribution in [2.45, 2.75) is 53.0 Å². The molecule has 0 bridgehead atoms. The van der Waals surface area contributed by atoms with Crippen molar-refractivity contribution in [3.05, 3.63) is 23.3 Å². The van der Waals surface area contributed by atoms with Crippen molar-refractivity contribution in [1.29, 1.82) is 0 Å². The highest BCUT2D eigenvalue weighted by Gasteiger charge is 2.04. The lowest BCUT2D eigenvalue weighted by atomic mass is 9.98. The van der Waals surface area contributed by atoms with Gasteiger partial charge in [-0.15, -0.1) is 0 Å². The van der Waals surface area contributed by atoms with Crippen LogP contribution in [0.2, 0.25) is 0 Å². The predicted molar refractivity (Wildman–Crippen MR) is 60.7 cm³/mol. The summed E-state index contributed by atoms with van der Waals surface area (Å²) in [6.07, 6.45) is 7.54. The second-order valence-electron chi connectivity index (χ2n) is 3.62. The summed E-state index contributed by atoms with van der Waals surface area (Å²) in [4.78, 5) is 0. The summed E-state index contributed by atoms with van der Waals surface area (Å²) in [5.74, 6) is 0. The molecule has 0 radical (unpaired) electrons. The van der Waals surface area contributed by atoms with Gasteiger partial charge in [-0.2, -0.15) is 0 Å². The average molecular weight is 181 g/mol. The van der Waals surface area contributed by atoms with Crippen molar-refractivity contribution < 1.29 is 0 Å². The van der Waals surface area contributed by atoms with E-state index in [9.17, 15) is 0 Å². The minimum atomic E-state index is 0.211. The first kappa shape index (κ1) is 12.4. The molecule has 1 heteroatoms. The highest BCUT2D eigenvalue weighted by atomic mass is 14.6. The van der Waals surface area contributed by atoms with E-state index in [2.05, 4.69) is 32.9 Å². The van der Waals surface area contributed by atoms with Gasteiger partial charge in [-0.25, -0.2) is 0 Å². The molecule has 0 heterocycles. The number of hydrogen-bond acceptors (Lipinski definition) is 1. The quantitative estimate of drug-likeness (QED) is 0.646. The van der Waals surface area contributed by atoms with Crippen LogP contribution in [0.4, 0.5) is 0 Å². The Morgan fingerprint density at radius 2 is 2.00 bits per heavy atom. The third kappa shape index (κ3) is 4.89. The Kier molecular flexibility index (Phi) is 6.61. The van der Waals surface area contributed by atoms with Crippen LogP contribution in [0.3, 0.4) is 0 Å². The van der Waals surface area contributed by atoms with E-state index < -0.39 is 0 Å². The topological polar surface area (TPSA) is 26.0 Å². The molecule has 0 aromatic heterocycles. The van der Waals surface area contributed by atoms with Crippen LogP contribution in [0.1, 0.15) is 47.0 Å². The Labute approximate surface area is 82.7 Å². The molecular weight excluding hydrogens is 158 g/mol. The normalized spacial score (nSPS) is 16.1. The SMILES string of the molecule is CC=CCC(N)C(C)=C(C)CCC. The molecule has 0 aliphatic heterocycles. The van der Waals surface area contributed by atoms with Crippen molar-refractivity contribution in [2.24, 2.45) is 5.73 Å². The monoisotopic (exact) mass is 181 g/mol. The lowest BCUT2D eigenvalue weighted by Gasteiger charge is -2.13. The summed E-state index contributed by atoms with van der Waals surface area (Å²) in [5.41, 5.74) is 8.84. The lowest BCUT2D eigenvalue weighted by Crippen LogP contribution is -2.21. The van der Waals surface area contributed by atoms with Crippen LogP contribution in [0.5, 0.6) is 0 Å². The third-order valence-electron chi connectivity index (χ3n) is 2.48. The van der Waals surface area contributed by atoms with Gasteiger partial charge < -0.3 is 5.73 Å². The van der Waals surface area contributed by atoms with Gasteiger partial charge in [-0.3, -0.25) is 0 Å². The molecule has 2 N–H and O–H groups in total. The zero-order chi connectivity index (χ0) is 10.3. The first-order valence-corrected chi connectivity index (χ1v) is 5.16. The fraction of sp³-hybridized carbons (Fsp3) is 0.667. The minimum Gasteiger partial charge on any atom is -0.324 e. The Balaban J connectivity index is 4.20. The van der Waals surface area contributed by atoms with Gasteiger partial charge in [0.05, 0.1) is 0 Å². The first-order valence-electron chi connectivity index (χ1n) is 5.16. The number of nitrogens with two attached hydrogens (primary N) is 1. The van der Waals surface area contributed by atoms with Crippen LogP contribution in [0.25, 0.3) is 0 Å². The van der Waals surface area contributed by atoms with Gasteiger partial charge in [0.15, 0.2) is 0 Å². The van der Waals surface area contributed by atoms with Crippen LogP contribution < -0.4 is 5.73 Å². The van der Waals surface area contributed by atoms with Gasteiger partial charge in [0.25, 0.3) is 0 Å². The number of rotatable bonds is 5. The number of allylic oxidation sites excluding steroid dienone is 2. The summed E-state index contributed by atoms with van der Waals surface area (Å²) in [7, 11) is 0. The van der Waals surface area contributed by atoms with E-state index in [4.69, 9.17) is 5.73 Å².